The van der Waals surface area contributed by atoms with Gasteiger partial charge in [-0.2, -0.15) is 10.1 Å². The lowest BCUT2D eigenvalue weighted by molar-refractivity contribution is -0.138. The van der Waals surface area contributed by atoms with Crippen LogP contribution in [0.5, 0.6) is 0 Å². The molecule has 6 nitrogen and oxygen atoms in total. The van der Waals surface area contributed by atoms with Gasteiger partial charge in [-0.15, -0.1) is 0 Å². The van der Waals surface area contributed by atoms with E-state index in [0.717, 1.165) is 0 Å². The summed E-state index contributed by atoms with van der Waals surface area (Å²) in [6.07, 6.45) is 0. The van der Waals surface area contributed by atoms with Crippen molar-refractivity contribution in [3.63, 3.8) is 0 Å². The average molecular weight is 130 g/mol. The number of nitrogens with one attached hydrogen (secondary N) is 1. The van der Waals surface area contributed by atoms with Crippen LogP contribution >= 0.6 is 0 Å². The van der Waals surface area contributed by atoms with Crippen molar-refractivity contribution in [1.82, 2.24) is 10.5 Å². The van der Waals surface area contributed by atoms with Crippen LogP contribution in [0.25, 0.3) is 0 Å². The number of carboxylic acid groups (broad SMARTS) is 1. The molecule has 2 N–H and O–H groups in total. The van der Waals surface area contributed by atoms with Crippen LogP contribution < -0.4 is 5.53 Å². The lowest BCUT2D eigenvalue weighted by atomic mass is 10.6. The van der Waals surface area contributed by atoms with Gasteiger partial charge in [0.25, 0.3) is 0 Å². The number of carbonyl (C=O) groups is 1. The maximum atomic E-state index is 9.99. The predicted molar refractivity (Wildman–Crippen MR) is 27.2 cm³/mol. The van der Waals surface area contributed by atoms with Gasteiger partial charge in [0, 0.05) is 0 Å². The zero-order chi connectivity index (χ0) is 6.69. The molecule has 0 aromatic rings. The predicted octanol–water partition coefficient (Wildman–Crippen LogP) is -0.784. The van der Waals surface area contributed by atoms with Gasteiger partial charge < -0.3 is 5.11 Å². The number of nitrogens with zero attached hydrogens (tertiary/aromatic N) is 3. The van der Waals surface area contributed by atoms with Gasteiger partial charge in [0.1, 0.15) is 13.2 Å². The standard InChI is InChI=1S/C3H6N4O2/c8-3(9)1-7-2-4-5-6-7/h1-2H2,(H,4,6)(H,8,9). The van der Waals surface area contributed by atoms with Crippen LogP contribution in [0.3, 0.4) is 0 Å². The topological polar surface area (TPSA) is 77.3 Å². The third kappa shape index (κ3) is 1.65. The van der Waals surface area contributed by atoms with Crippen molar-refractivity contribution in [1.29, 1.82) is 0 Å². The minimum Gasteiger partial charge on any atom is -0.480 e. The number of carboxylic acids is 1. The Hall–Kier alpha value is -1.17. The number of hydrogen-bond acceptors (Lipinski definition) is 5. The average Bonchev–Trinajstić information content (AvgIpc) is 2.15. The minimum atomic E-state index is -0.894. The summed E-state index contributed by atoms with van der Waals surface area (Å²) in [4.78, 5) is 9.99. The van der Waals surface area contributed by atoms with Crippen LogP contribution in [0.1, 0.15) is 0 Å². The quantitative estimate of drug-likeness (QED) is 0.513. The summed E-state index contributed by atoms with van der Waals surface area (Å²) in [7, 11) is 0. The Balaban J connectivity index is 2.22. The van der Waals surface area contributed by atoms with E-state index in [1.54, 1.807) is 0 Å². The molecule has 0 radical (unpaired) electrons. The van der Waals surface area contributed by atoms with Gasteiger partial charge in [-0.25, -0.2) is 5.53 Å². The maximum absolute atomic E-state index is 9.99. The van der Waals surface area contributed by atoms with E-state index >= 15 is 0 Å². The van der Waals surface area contributed by atoms with Crippen LogP contribution in [0, 0.1) is 0 Å². The van der Waals surface area contributed by atoms with Gasteiger partial charge in [0.2, 0.25) is 0 Å². The Morgan fingerprint density at radius 1 is 1.89 bits per heavy atom. The first-order valence-electron chi connectivity index (χ1n) is 2.38. The van der Waals surface area contributed by atoms with E-state index in [9.17, 15) is 4.79 Å². The molecule has 50 valence electrons. The van der Waals surface area contributed by atoms with Crippen molar-refractivity contribution in [3.05, 3.63) is 0 Å². The highest BCUT2D eigenvalue weighted by Gasteiger charge is 2.10. The van der Waals surface area contributed by atoms with Crippen LogP contribution in [-0.2, 0) is 4.79 Å². The number of hydrogen-bond donors (Lipinski definition) is 2. The zero-order valence-corrected chi connectivity index (χ0v) is 4.61. The fraction of sp³-hybridized carbons (Fsp3) is 0.667. The number of aliphatic carboxylic acids is 1. The van der Waals surface area contributed by atoms with E-state index in [4.69, 9.17) is 5.11 Å². The van der Waals surface area contributed by atoms with Crippen LogP contribution in [0.2, 0.25) is 0 Å². The van der Waals surface area contributed by atoms with Gasteiger partial charge in [-0.3, -0.25) is 4.79 Å². The third-order valence-corrected chi connectivity index (χ3v) is 0.817. The molecule has 0 saturated heterocycles. The summed E-state index contributed by atoms with van der Waals surface area (Å²) in [5.41, 5.74) is 2.40. The molecule has 0 bridgehead atoms. The second kappa shape index (κ2) is 2.40. The molecule has 0 saturated carbocycles. The monoisotopic (exact) mass is 130 g/mol. The molecule has 0 amide bonds. The molecule has 0 aromatic heterocycles. The molecule has 0 atom stereocenters. The van der Waals surface area contributed by atoms with Gasteiger partial charge in [0.15, 0.2) is 0 Å². The summed E-state index contributed by atoms with van der Waals surface area (Å²) in [6.45, 7) is 0.235. The van der Waals surface area contributed by atoms with E-state index < -0.39 is 5.97 Å². The highest BCUT2D eigenvalue weighted by atomic mass is 16.4. The molecule has 1 aliphatic rings. The number of hydrazine groups is 1. The summed E-state index contributed by atoms with van der Waals surface area (Å²) < 4.78 is 0. The lowest BCUT2D eigenvalue weighted by Crippen LogP contribution is -2.34. The van der Waals surface area contributed by atoms with Crippen molar-refractivity contribution >= 4 is 5.97 Å². The highest BCUT2D eigenvalue weighted by molar-refractivity contribution is 5.68. The van der Waals surface area contributed by atoms with Crippen molar-refractivity contribution < 1.29 is 9.90 Å². The first-order chi connectivity index (χ1) is 4.29. The van der Waals surface area contributed by atoms with Crippen LogP contribution in [-0.4, -0.2) is 29.3 Å². The molecule has 0 spiro atoms. The molecule has 6 heteroatoms. The van der Waals surface area contributed by atoms with Crippen molar-refractivity contribution in [2.24, 2.45) is 10.3 Å². The van der Waals surface area contributed by atoms with Crippen LogP contribution in [0.4, 0.5) is 0 Å². The molecule has 1 aliphatic heterocycles. The Morgan fingerprint density at radius 3 is 3.11 bits per heavy atom. The van der Waals surface area contributed by atoms with E-state index in [2.05, 4.69) is 15.9 Å². The highest BCUT2D eigenvalue weighted by Crippen LogP contribution is 1.90. The summed E-state index contributed by atoms with van der Waals surface area (Å²) in [6, 6.07) is 0. The number of rotatable bonds is 2. The first-order valence-corrected chi connectivity index (χ1v) is 2.38. The van der Waals surface area contributed by atoms with Crippen molar-refractivity contribution in [2.75, 3.05) is 13.2 Å². The van der Waals surface area contributed by atoms with E-state index in [1.165, 1.54) is 5.01 Å². The van der Waals surface area contributed by atoms with E-state index in [1.807, 2.05) is 0 Å². The normalized spacial score (nSPS) is 17.8. The molecule has 0 fully saturated rings. The Morgan fingerprint density at radius 2 is 2.67 bits per heavy atom. The zero-order valence-electron chi connectivity index (χ0n) is 4.61. The van der Waals surface area contributed by atoms with E-state index in [-0.39, 0.29) is 6.54 Å². The second-order valence-electron chi connectivity index (χ2n) is 1.57. The van der Waals surface area contributed by atoms with Gasteiger partial charge in [-0.05, 0) is 0 Å². The molecular formula is C3H6N4O2. The fourth-order valence-corrected chi connectivity index (χ4v) is 0.483. The smallest absolute Gasteiger partial charge is 0.319 e. The third-order valence-electron chi connectivity index (χ3n) is 0.817. The maximum Gasteiger partial charge on any atom is 0.319 e. The summed E-state index contributed by atoms with van der Waals surface area (Å²) >= 11 is 0. The Labute approximate surface area is 51.1 Å². The molecule has 0 unspecified atom stereocenters. The van der Waals surface area contributed by atoms with Gasteiger partial charge in [0.05, 0.1) is 0 Å². The molecule has 0 aromatic carbocycles. The van der Waals surface area contributed by atoms with Gasteiger partial charge >= 0.3 is 5.97 Å². The molecular weight excluding hydrogens is 124 g/mol. The largest absolute Gasteiger partial charge is 0.480 e. The van der Waals surface area contributed by atoms with Crippen molar-refractivity contribution in [2.45, 2.75) is 0 Å². The summed E-state index contributed by atoms with van der Waals surface area (Å²) in [5.74, 6) is -0.894. The molecule has 1 heterocycles. The molecule has 9 heavy (non-hydrogen) atoms. The first kappa shape index (κ1) is 5.96. The minimum absolute atomic E-state index is 0.0764. The SMILES string of the molecule is O=C(O)CN1CN=NN1. The van der Waals surface area contributed by atoms with E-state index in [0.29, 0.717) is 6.67 Å². The molecule has 1 rings (SSSR count). The Kier molecular flexibility index (Phi) is 1.59. The Bertz CT molecular complexity index is 137. The molecule has 0 aliphatic carbocycles. The van der Waals surface area contributed by atoms with Gasteiger partial charge in [-0.1, -0.05) is 5.22 Å². The lowest BCUT2D eigenvalue weighted by Gasteiger charge is -2.06. The summed E-state index contributed by atoms with van der Waals surface area (Å²) in [5, 5.41) is 16.4. The van der Waals surface area contributed by atoms with Crippen molar-refractivity contribution in [3.8, 4) is 0 Å². The van der Waals surface area contributed by atoms with Crippen LogP contribution in [0.15, 0.2) is 10.3 Å². The second-order valence-corrected chi connectivity index (χ2v) is 1.57. The fourth-order valence-electron chi connectivity index (χ4n) is 0.483.